The molecule has 0 radical (unpaired) electrons. The van der Waals surface area contributed by atoms with Crippen LogP contribution in [0.1, 0.15) is 25.0 Å². The molecule has 2 amide bonds. The third-order valence-corrected chi connectivity index (χ3v) is 8.18. The zero-order chi connectivity index (χ0) is 29.4. The Labute approximate surface area is 251 Å². The average molecular weight is 625 g/mol. The lowest BCUT2D eigenvalue weighted by Crippen LogP contribution is -2.53. The second kappa shape index (κ2) is 14.2. The van der Waals surface area contributed by atoms with Gasteiger partial charge < -0.3 is 10.2 Å². The summed E-state index contributed by atoms with van der Waals surface area (Å²) in [5.41, 5.74) is 1.72. The Hall–Kier alpha value is -2.78. The van der Waals surface area contributed by atoms with Crippen LogP contribution in [0.2, 0.25) is 15.1 Å². The lowest BCUT2D eigenvalue weighted by atomic mass is 10.0. The Bertz CT molecular complexity index is 1440. The zero-order valence-electron chi connectivity index (χ0n) is 22.5. The molecule has 40 heavy (non-hydrogen) atoms. The number of hydrogen-bond donors (Lipinski definition) is 1. The zero-order valence-corrected chi connectivity index (χ0v) is 25.6. The fourth-order valence-electron chi connectivity index (χ4n) is 4.06. The van der Waals surface area contributed by atoms with Crippen LogP contribution in [0.25, 0.3) is 0 Å². The number of rotatable bonds is 12. The summed E-state index contributed by atoms with van der Waals surface area (Å²) >= 11 is 18.4. The second-order valence-electron chi connectivity index (χ2n) is 9.86. The molecule has 0 bridgehead atoms. The summed E-state index contributed by atoms with van der Waals surface area (Å²) in [6, 6.07) is 19.7. The van der Waals surface area contributed by atoms with Crippen molar-refractivity contribution in [3.8, 4) is 0 Å². The van der Waals surface area contributed by atoms with Gasteiger partial charge in [-0.3, -0.25) is 13.9 Å². The fourth-order valence-corrected chi connectivity index (χ4v) is 5.41. The maximum Gasteiger partial charge on any atom is 0.244 e. The standard InChI is InChI=1S/C29H32Cl3N3O4S/c1-20(2)17-33-29(37)27(15-21-8-5-4-6-9-21)34(18-22-10-7-11-23(30)14-22)28(36)19-35(40(3,38)39)24-12-13-25(31)26(32)16-24/h4-14,16,20,27H,15,17-19H2,1-3H3,(H,33,37)/t27-/m1/s1. The van der Waals surface area contributed by atoms with Crippen molar-refractivity contribution in [2.24, 2.45) is 5.92 Å². The molecule has 0 heterocycles. The lowest BCUT2D eigenvalue weighted by Gasteiger charge is -2.33. The van der Waals surface area contributed by atoms with Gasteiger partial charge in [0.1, 0.15) is 12.6 Å². The van der Waals surface area contributed by atoms with E-state index in [2.05, 4.69) is 5.32 Å². The van der Waals surface area contributed by atoms with Crippen LogP contribution in [0.15, 0.2) is 72.8 Å². The van der Waals surface area contributed by atoms with E-state index in [0.717, 1.165) is 16.1 Å². The summed E-state index contributed by atoms with van der Waals surface area (Å²) in [4.78, 5) is 29.0. The highest BCUT2D eigenvalue weighted by atomic mass is 35.5. The molecule has 11 heteroatoms. The Morgan fingerprint density at radius 2 is 1.55 bits per heavy atom. The highest BCUT2D eigenvalue weighted by Crippen LogP contribution is 2.29. The van der Waals surface area contributed by atoms with E-state index in [0.29, 0.717) is 17.1 Å². The van der Waals surface area contributed by atoms with E-state index < -0.39 is 28.5 Å². The summed E-state index contributed by atoms with van der Waals surface area (Å²) in [6.45, 7) is 3.85. The molecule has 1 N–H and O–H groups in total. The summed E-state index contributed by atoms with van der Waals surface area (Å²) in [6.07, 6.45) is 1.23. The van der Waals surface area contributed by atoms with Gasteiger partial charge in [-0.15, -0.1) is 0 Å². The van der Waals surface area contributed by atoms with Crippen molar-refractivity contribution in [3.63, 3.8) is 0 Å². The summed E-state index contributed by atoms with van der Waals surface area (Å²) < 4.78 is 26.6. The molecule has 0 fully saturated rings. The van der Waals surface area contributed by atoms with Crippen LogP contribution >= 0.6 is 34.8 Å². The van der Waals surface area contributed by atoms with E-state index in [4.69, 9.17) is 34.8 Å². The molecule has 3 rings (SSSR count). The largest absolute Gasteiger partial charge is 0.354 e. The van der Waals surface area contributed by atoms with Crippen molar-refractivity contribution in [1.29, 1.82) is 0 Å². The molecule has 0 saturated heterocycles. The number of halogens is 3. The van der Waals surface area contributed by atoms with Crippen molar-refractivity contribution in [2.75, 3.05) is 23.7 Å². The van der Waals surface area contributed by atoms with Crippen molar-refractivity contribution >= 4 is 62.3 Å². The number of nitrogens with zero attached hydrogens (tertiary/aromatic N) is 2. The smallest absolute Gasteiger partial charge is 0.244 e. The Kier molecular flexibility index (Phi) is 11.3. The van der Waals surface area contributed by atoms with E-state index in [1.807, 2.05) is 44.2 Å². The Morgan fingerprint density at radius 3 is 2.15 bits per heavy atom. The van der Waals surface area contributed by atoms with Crippen molar-refractivity contribution in [3.05, 3.63) is 99.0 Å². The second-order valence-corrected chi connectivity index (χ2v) is 13.0. The molecule has 3 aromatic carbocycles. The monoisotopic (exact) mass is 623 g/mol. The van der Waals surface area contributed by atoms with Crippen LogP contribution in [-0.4, -0.2) is 50.5 Å². The first-order valence-electron chi connectivity index (χ1n) is 12.6. The number of hydrogen-bond acceptors (Lipinski definition) is 4. The highest BCUT2D eigenvalue weighted by molar-refractivity contribution is 7.92. The van der Waals surface area contributed by atoms with Gasteiger partial charge in [-0.25, -0.2) is 8.42 Å². The van der Waals surface area contributed by atoms with Crippen LogP contribution in [0, 0.1) is 5.92 Å². The average Bonchev–Trinajstić information content (AvgIpc) is 2.89. The van der Waals surface area contributed by atoms with Crippen LogP contribution in [0.4, 0.5) is 5.69 Å². The number of benzene rings is 3. The highest BCUT2D eigenvalue weighted by Gasteiger charge is 2.33. The fraction of sp³-hybridized carbons (Fsp3) is 0.310. The van der Waals surface area contributed by atoms with Crippen LogP contribution < -0.4 is 9.62 Å². The predicted octanol–water partition coefficient (Wildman–Crippen LogP) is 5.83. The Morgan fingerprint density at radius 1 is 0.875 bits per heavy atom. The number of sulfonamides is 1. The van der Waals surface area contributed by atoms with Crippen LogP contribution in [-0.2, 0) is 32.6 Å². The van der Waals surface area contributed by atoms with Crippen molar-refractivity contribution < 1.29 is 18.0 Å². The maximum absolute atomic E-state index is 14.0. The molecule has 0 aliphatic heterocycles. The Balaban J connectivity index is 2.06. The molecule has 214 valence electrons. The number of amides is 2. The first kappa shape index (κ1) is 31.7. The summed E-state index contributed by atoms with van der Waals surface area (Å²) in [7, 11) is -3.92. The quantitative estimate of drug-likeness (QED) is 0.275. The first-order valence-corrected chi connectivity index (χ1v) is 15.6. The molecular formula is C29H32Cl3N3O4S. The summed E-state index contributed by atoms with van der Waals surface area (Å²) in [5.74, 6) is -0.723. The molecule has 0 aliphatic rings. The first-order chi connectivity index (χ1) is 18.8. The van der Waals surface area contributed by atoms with Crippen LogP contribution in [0.3, 0.4) is 0 Å². The van der Waals surface area contributed by atoms with Gasteiger partial charge in [0, 0.05) is 24.5 Å². The van der Waals surface area contributed by atoms with E-state index in [9.17, 15) is 18.0 Å². The topological polar surface area (TPSA) is 86.8 Å². The lowest BCUT2D eigenvalue weighted by molar-refractivity contribution is -0.140. The van der Waals surface area contributed by atoms with Gasteiger partial charge in [-0.1, -0.05) is 91.1 Å². The van der Waals surface area contributed by atoms with Gasteiger partial charge in [0.2, 0.25) is 21.8 Å². The van der Waals surface area contributed by atoms with E-state index in [-0.39, 0.29) is 40.5 Å². The maximum atomic E-state index is 14.0. The van der Waals surface area contributed by atoms with Crippen molar-refractivity contribution in [2.45, 2.75) is 32.9 Å². The minimum atomic E-state index is -3.92. The van der Waals surface area contributed by atoms with E-state index >= 15 is 0 Å². The molecule has 0 aromatic heterocycles. The van der Waals surface area contributed by atoms with E-state index in [1.54, 1.807) is 24.3 Å². The molecule has 3 aromatic rings. The van der Waals surface area contributed by atoms with Crippen LogP contribution in [0.5, 0.6) is 0 Å². The van der Waals surface area contributed by atoms with Gasteiger partial charge in [0.15, 0.2) is 0 Å². The molecule has 1 atom stereocenters. The normalized spacial score (nSPS) is 12.2. The third-order valence-electron chi connectivity index (χ3n) is 6.07. The number of nitrogens with one attached hydrogen (secondary N) is 1. The number of carbonyl (C=O) groups excluding carboxylic acids is 2. The minimum Gasteiger partial charge on any atom is -0.354 e. The molecule has 0 aliphatic carbocycles. The van der Waals surface area contributed by atoms with Gasteiger partial charge in [0.05, 0.1) is 22.0 Å². The molecule has 0 spiro atoms. The van der Waals surface area contributed by atoms with Gasteiger partial charge in [-0.05, 0) is 47.4 Å². The van der Waals surface area contributed by atoms with E-state index in [1.165, 1.54) is 23.1 Å². The number of carbonyl (C=O) groups is 2. The molecule has 0 unspecified atom stereocenters. The number of anilines is 1. The SMILES string of the molecule is CC(C)CNC(=O)[C@@H](Cc1ccccc1)N(Cc1cccc(Cl)c1)C(=O)CN(c1ccc(Cl)c(Cl)c1)S(C)(=O)=O. The van der Waals surface area contributed by atoms with Crippen molar-refractivity contribution in [1.82, 2.24) is 10.2 Å². The van der Waals surface area contributed by atoms with Gasteiger partial charge >= 0.3 is 0 Å². The predicted molar refractivity (Wildman–Crippen MR) is 162 cm³/mol. The molecule has 7 nitrogen and oxygen atoms in total. The molecule has 0 saturated carbocycles. The minimum absolute atomic E-state index is 0.0327. The third kappa shape index (κ3) is 9.13. The van der Waals surface area contributed by atoms with Gasteiger partial charge in [-0.2, -0.15) is 0 Å². The summed E-state index contributed by atoms with van der Waals surface area (Å²) in [5, 5.41) is 3.81. The van der Waals surface area contributed by atoms with Gasteiger partial charge in [0.25, 0.3) is 0 Å². The molecular weight excluding hydrogens is 593 g/mol.